The molecule has 0 aliphatic carbocycles. The molecule has 1 aromatic heterocycles. The lowest BCUT2D eigenvalue weighted by Gasteiger charge is -1.97. The van der Waals surface area contributed by atoms with Gasteiger partial charge >= 0.3 is 0 Å². The van der Waals surface area contributed by atoms with Gasteiger partial charge in [-0.15, -0.1) is 0 Å². The first-order valence-electron chi connectivity index (χ1n) is 3.11. The van der Waals surface area contributed by atoms with Crippen molar-refractivity contribution in [2.24, 2.45) is 0 Å². The van der Waals surface area contributed by atoms with Crippen LogP contribution in [0.25, 0.3) is 0 Å². The van der Waals surface area contributed by atoms with Crippen LogP contribution in [-0.2, 0) is 0 Å². The van der Waals surface area contributed by atoms with E-state index in [1.54, 1.807) is 7.05 Å². The predicted octanol–water partition coefficient (Wildman–Crippen LogP) is 0.838. The fraction of sp³-hybridized carbons (Fsp3) is 0.500. The molecule has 4 heteroatoms. The third-order valence-electron chi connectivity index (χ3n) is 1.40. The van der Waals surface area contributed by atoms with Crippen LogP contribution in [-0.4, -0.2) is 12.2 Å². The molecule has 1 aromatic rings. The average molecular weight is 141 g/mol. The molecule has 10 heavy (non-hydrogen) atoms. The second-order valence-electron chi connectivity index (χ2n) is 2.10. The van der Waals surface area contributed by atoms with Crippen molar-refractivity contribution in [3.63, 3.8) is 0 Å². The van der Waals surface area contributed by atoms with E-state index in [1.807, 2.05) is 13.8 Å². The van der Waals surface area contributed by atoms with Gasteiger partial charge < -0.3 is 4.52 Å². The Morgan fingerprint density at radius 3 is 2.50 bits per heavy atom. The zero-order valence-electron chi connectivity index (χ0n) is 6.36. The monoisotopic (exact) mass is 141 g/mol. The third kappa shape index (κ3) is 1.11. The molecule has 0 radical (unpaired) electrons. The van der Waals surface area contributed by atoms with Crippen molar-refractivity contribution in [2.75, 3.05) is 12.5 Å². The van der Waals surface area contributed by atoms with Gasteiger partial charge in [0.15, 0.2) is 0 Å². The lowest BCUT2D eigenvalue weighted by Crippen LogP contribution is -2.14. The Labute approximate surface area is 59.6 Å². The number of nitrogens with zero attached hydrogens (tertiary/aromatic N) is 1. The normalized spacial score (nSPS) is 9.90. The average Bonchev–Trinajstić information content (AvgIpc) is 2.20. The number of rotatable bonds is 2. The highest BCUT2D eigenvalue weighted by molar-refractivity contribution is 5.40. The van der Waals surface area contributed by atoms with Crippen molar-refractivity contribution >= 4 is 5.88 Å². The van der Waals surface area contributed by atoms with Crippen LogP contribution in [0.4, 0.5) is 5.88 Å². The van der Waals surface area contributed by atoms with Crippen molar-refractivity contribution in [1.82, 2.24) is 10.6 Å². The van der Waals surface area contributed by atoms with E-state index in [9.17, 15) is 0 Å². The number of hydrogen-bond donors (Lipinski definition) is 2. The topological polar surface area (TPSA) is 50.1 Å². The molecular formula is C6H11N3O. The van der Waals surface area contributed by atoms with Crippen LogP contribution < -0.4 is 10.9 Å². The van der Waals surface area contributed by atoms with Gasteiger partial charge in [0.1, 0.15) is 0 Å². The van der Waals surface area contributed by atoms with Crippen molar-refractivity contribution in [3.05, 3.63) is 11.3 Å². The molecule has 0 fully saturated rings. The van der Waals surface area contributed by atoms with Gasteiger partial charge in [0.2, 0.25) is 5.88 Å². The van der Waals surface area contributed by atoms with Gasteiger partial charge in [0.05, 0.1) is 5.69 Å². The molecule has 1 rings (SSSR count). The highest BCUT2D eigenvalue weighted by Gasteiger charge is 2.05. The van der Waals surface area contributed by atoms with Crippen LogP contribution in [0.1, 0.15) is 11.3 Å². The fourth-order valence-corrected chi connectivity index (χ4v) is 0.645. The highest BCUT2D eigenvalue weighted by atomic mass is 16.5. The first-order chi connectivity index (χ1) is 4.75. The number of hydrogen-bond acceptors (Lipinski definition) is 4. The van der Waals surface area contributed by atoms with E-state index in [1.165, 1.54) is 0 Å². The molecule has 0 saturated carbocycles. The first kappa shape index (κ1) is 7.08. The number of aryl methyl sites for hydroxylation is 1. The second-order valence-corrected chi connectivity index (χ2v) is 2.10. The largest absolute Gasteiger partial charge is 0.337 e. The van der Waals surface area contributed by atoms with Crippen LogP contribution in [0.2, 0.25) is 0 Å². The van der Waals surface area contributed by atoms with E-state index in [4.69, 9.17) is 4.52 Å². The molecule has 4 nitrogen and oxygen atoms in total. The molecule has 0 amide bonds. The number of hydrazine groups is 1. The number of anilines is 1. The molecule has 0 aliphatic heterocycles. The summed E-state index contributed by atoms with van der Waals surface area (Å²) in [5.74, 6) is 0.681. The third-order valence-corrected chi connectivity index (χ3v) is 1.40. The Morgan fingerprint density at radius 1 is 1.40 bits per heavy atom. The Morgan fingerprint density at radius 2 is 2.10 bits per heavy atom. The zero-order chi connectivity index (χ0) is 7.56. The van der Waals surface area contributed by atoms with Crippen LogP contribution >= 0.6 is 0 Å². The van der Waals surface area contributed by atoms with Crippen LogP contribution in [0, 0.1) is 13.8 Å². The van der Waals surface area contributed by atoms with Gasteiger partial charge in [-0.25, -0.2) is 5.43 Å². The molecule has 56 valence electrons. The summed E-state index contributed by atoms with van der Waals surface area (Å²) in [7, 11) is 1.78. The molecule has 0 atom stereocenters. The molecule has 0 spiro atoms. The lowest BCUT2D eigenvalue weighted by molar-refractivity contribution is 0.424. The minimum atomic E-state index is 0.681. The predicted molar refractivity (Wildman–Crippen MR) is 38.7 cm³/mol. The molecule has 2 N–H and O–H groups in total. The van der Waals surface area contributed by atoms with E-state index in [0.29, 0.717) is 5.88 Å². The van der Waals surface area contributed by atoms with Crippen LogP contribution in [0.3, 0.4) is 0 Å². The SMILES string of the molecule is CNNc1onc(C)c1C. The van der Waals surface area contributed by atoms with E-state index in [-0.39, 0.29) is 0 Å². The lowest BCUT2D eigenvalue weighted by atomic mass is 10.3. The first-order valence-corrected chi connectivity index (χ1v) is 3.11. The van der Waals surface area contributed by atoms with Crippen LogP contribution in [0.15, 0.2) is 4.52 Å². The summed E-state index contributed by atoms with van der Waals surface area (Å²) in [4.78, 5) is 0. The number of aromatic nitrogens is 1. The van der Waals surface area contributed by atoms with Crippen molar-refractivity contribution in [2.45, 2.75) is 13.8 Å². The van der Waals surface area contributed by atoms with Gasteiger partial charge in [0, 0.05) is 12.6 Å². The molecule has 0 saturated heterocycles. The Bertz CT molecular complexity index is 219. The van der Waals surface area contributed by atoms with Gasteiger partial charge in [-0.3, -0.25) is 5.43 Å². The quantitative estimate of drug-likeness (QED) is 0.599. The Balaban J connectivity index is 2.83. The number of nitrogens with one attached hydrogen (secondary N) is 2. The second kappa shape index (κ2) is 2.70. The van der Waals surface area contributed by atoms with Gasteiger partial charge in [-0.2, -0.15) is 0 Å². The molecule has 0 aromatic carbocycles. The summed E-state index contributed by atoms with van der Waals surface area (Å²) >= 11 is 0. The van der Waals surface area contributed by atoms with E-state index >= 15 is 0 Å². The standard InChI is InChI=1S/C6H11N3O/c1-4-5(2)9-10-6(4)8-7-3/h7-8H,1-3H3. The van der Waals surface area contributed by atoms with Gasteiger partial charge in [-0.05, 0) is 13.8 Å². The Kier molecular flexibility index (Phi) is 1.91. The molecule has 0 bridgehead atoms. The van der Waals surface area contributed by atoms with Gasteiger partial charge in [0.25, 0.3) is 0 Å². The maximum atomic E-state index is 4.91. The summed E-state index contributed by atoms with van der Waals surface area (Å²) in [6.07, 6.45) is 0. The molecular weight excluding hydrogens is 130 g/mol. The summed E-state index contributed by atoms with van der Waals surface area (Å²) in [5, 5.41) is 3.76. The van der Waals surface area contributed by atoms with Crippen LogP contribution in [0.5, 0.6) is 0 Å². The van der Waals surface area contributed by atoms with E-state index < -0.39 is 0 Å². The minimum Gasteiger partial charge on any atom is -0.337 e. The molecule has 1 heterocycles. The Hall–Kier alpha value is -1.03. The summed E-state index contributed by atoms with van der Waals surface area (Å²) < 4.78 is 4.91. The van der Waals surface area contributed by atoms with Gasteiger partial charge in [-0.1, -0.05) is 5.16 Å². The summed E-state index contributed by atoms with van der Waals surface area (Å²) in [5.41, 5.74) is 7.52. The summed E-state index contributed by atoms with van der Waals surface area (Å²) in [6.45, 7) is 3.85. The maximum Gasteiger partial charge on any atom is 0.241 e. The smallest absolute Gasteiger partial charge is 0.241 e. The molecule has 0 aliphatic rings. The summed E-state index contributed by atoms with van der Waals surface area (Å²) in [6, 6.07) is 0. The van der Waals surface area contributed by atoms with Crippen molar-refractivity contribution in [1.29, 1.82) is 0 Å². The zero-order valence-corrected chi connectivity index (χ0v) is 6.36. The van der Waals surface area contributed by atoms with Crippen molar-refractivity contribution in [3.8, 4) is 0 Å². The molecule has 0 unspecified atom stereocenters. The maximum absolute atomic E-state index is 4.91. The minimum absolute atomic E-state index is 0.681. The van der Waals surface area contributed by atoms with Crippen molar-refractivity contribution < 1.29 is 4.52 Å². The van der Waals surface area contributed by atoms with E-state index in [0.717, 1.165) is 11.3 Å². The van der Waals surface area contributed by atoms with E-state index in [2.05, 4.69) is 16.0 Å². The fourth-order valence-electron chi connectivity index (χ4n) is 0.645. The highest BCUT2D eigenvalue weighted by Crippen LogP contribution is 2.15.